The lowest BCUT2D eigenvalue weighted by atomic mass is 9.97. The summed E-state index contributed by atoms with van der Waals surface area (Å²) in [6.45, 7) is 4.12. The lowest BCUT2D eigenvalue weighted by Crippen LogP contribution is -2.07. The van der Waals surface area contributed by atoms with Crippen LogP contribution in [0.15, 0.2) is 16.6 Å². The van der Waals surface area contributed by atoms with Crippen molar-refractivity contribution in [1.29, 1.82) is 0 Å². The van der Waals surface area contributed by atoms with Crippen LogP contribution >= 0.6 is 15.9 Å². The molecule has 1 aliphatic rings. The lowest BCUT2D eigenvalue weighted by molar-refractivity contribution is 0.0698. The number of aromatic carboxylic acids is 1. The monoisotopic (exact) mass is 333 g/mol. The van der Waals surface area contributed by atoms with Gasteiger partial charge < -0.3 is 5.11 Å². The average molecular weight is 334 g/mol. The highest BCUT2D eigenvalue weighted by atomic mass is 79.9. The summed E-state index contributed by atoms with van der Waals surface area (Å²) >= 11 is 3.45. The second-order valence-electron chi connectivity index (χ2n) is 5.42. The largest absolute Gasteiger partial charge is 0.478 e. The third kappa shape index (κ3) is 1.94. The van der Waals surface area contributed by atoms with Gasteiger partial charge in [0.25, 0.3) is 0 Å². The van der Waals surface area contributed by atoms with Gasteiger partial charge in [0.2, 0.25) is 0 Å². The third-order valence-electron chi connectivity index (χ3n) is 4.21. The van der Waals surface area contributed by atoms with E-state index in [1.54, 1.807) is 0 Å². The molecule has 0 saturated heterocycles. The molecular weight excluding hydrogens is 318 g/mol. The quantitative estimate of drug-likeness (QED) is 0.883. The van der Waals surface area contributed by atoms with Gasteiger partial charge in [0.15, 0.2) is 0 Å². The van der Waals surface area contributed by atoms with Gasteiger partial charge in [-0.15, -0.1) is 0 Å². The highest BCUT2D eigenvalue weighted by molar-refractivity contribution is 9.10. The highest BCUT2D eigenvalue weighted by Crippen LogP contribution is 2.39. The van der Waals surface area contributed by atoms with Crippen LogP contribution in [0.3, 0.4) is 0 Å². The van der Waals surface area contributed by atoms with Crippen LogP contribution in [0.1, 0.15) is 52.9 Å². The fraction of sp³-hybridized carbons (Fsp3) is 0.375. The predicted molar refractivity (Wildman–Crippen MR) is 82.5 cm³/mol. The van der Waals surface area contributed by atoms with Crippen LogP contribution in [0.2, 0.25) is 0 Å². The molecular formula is C16H16BrNO2. The summed E-state index contributed by atoms with van der Waals surface area (Å²) in [7, 11) is 0. The molecule has 0 aliphatic heterocycles. The van der Waals surface area contributed by atoms with E-state index in [1.165, 1.54) is 0 Å². The van der Waals surface area contributed by atoms with Crippen molar-refractivity contribution in [2.45, 2.75) is 39.0 Å². The van der Waals surface area contributed by atoms with E-state index in [-0.39, 0.29) is 0 Å². The Morgan fingerprint density at radius 1 is 1.50 bits per heavy atom. The van der Waals surface area contributed by atoms with Gasteiger partial charge in [-0.2, -0.15) is 0 Å². The molecule has 0 bridgehead atoms. The number of nitrogens with zero attached hydrogens (tertiary/aromatic N) is 1. The van der Waals surface area contributed by atoms with Gasteiger partial charge in [-0.25, -0.2) is 4.79 Å². The summed E-state index contributed by atoms with van der Waals surface area (Å²) in [6, 6.07) is 3.86. The number of halogens is 1. The highest BCUT2D eigenvalue weighted by Gasteiger charge is 2.29. The minimum atomic E-state index is -0.845. The van der Waals surface area contributed by atoms with Crippen molar-refractivity contribution < 1.29 is 9.90 Å². The number of fused-ring (bicyclic) bond motifs is 2. The van der Waals surface area contributed by atoms with E-state index >= 15 is 0 Å². The van der Waals surface area contributed by atoms with Crippen LogP contribution in [0.5, 0.6) is 0 Å². The summed E-state index contributed by atoms with van der Waals surface area (Å²) in [5.41, 5.74) is 4.23. The number of carboxylic acid groups (broad SMARTS) is 1. The van der Waals surface area contributed by atoms with Crippen LogP contribution < -0.4 is 0 Å². The summed E-state index contributed by atoms with van der Waals surface area (Å²) in [5.74, 6) is -0.446. The molecule has 2 aromatic rings. The summed E-state index contributed by atoms with van der Waals surface area (Å²) in [5, 5.41) is 10.4. The Bertz CT molecular complexity index is 724. The normalized spacial score (nSPS) is 17.4. The van der Waals surface area contributed by atoms with Crippen molar-refractivity contribution in [2.24, 2.45) is 0 Å². The molecule has 4 heteroatoms. The first kappa shape index (κ1) is 13.6. The Morgan fingerprint density at radius 3 is 2.90 bits per heavy atom. The van der Waals surface area contributed by atoms with Crippen molar-refractivity contribution in [3.63, 3.8) is 0 Å². The number of hydrogen-bond acceptors (Lipinski definition) is 2. The molecule has 3 nitrogen and oxygen atoms in total. The van der Waals surface area contributed by atoms with E-state index in [0.29, 0.717) is 11.5 Å². The predicted octanol–water partition coefficient (Wildman–Crippen LogP) is 4.44. The fourth-order valence-corrected chi connectivity index (χ4v) is 3.81. The van der Waals surface area contributed by atoms with Gasteiger partial charge in [-0.3, -0.25) is 4.98 Å². The molecule has 0 fully saturated rings. The van der Waals surface area contributed by atoms with E-state index < -0.39 is 5.97 Å². The second-order valence-corrected chi connectivity index (χ2v) is 6.33. The number of aryl methyl sites for hydroxylation is 1. The van der Waals surface area contributed by atoms with Crippen molar-refractivity contribution in [2.75, 3.05) is 0 Å². The Morgan fingerprint density at radius 2 is 2.25 bits per heavy atom. The zero-order valence-electron chi connectivity index (χ0n) is 11.5. The molecule has 0 spiro atoms. The van der Waals surface area contributed by atoms with E-state index in [0.717, 1.165) is 51.5 Å². The summed E-state index contributed by atoms with van der Waals surface area (Å²) in [4.78, 5) is 16.6. The van der Waals surface area contributed by atoms with Gasteiger partial charge in [0.1, 0.15) is 0 Å². The maximum atomic E-state index is 11.7. The van der Waals surface area contributed by atoms with E-state index in [2.05, 4.69) is 22.9 Å². The molecule has 1 atom stereocenters. The Balaban J connectivity index is 2.44. The van der Waals surface area contributed by atoms with Crippen LogP contribution in [-0.4, -0.2) is 16.1 Å². The van der Waals surface area contributed by atoms with Gasteiger partial charge >= 0.3 is 5.97 Å². The van der Waals surface area contributed by atoms with Gasteiger partial charge in [-0.1, -0.05) is 22.9 Å². The standard InChI is InChI=1S/C16H16BrNO2/c1-3-9-4-5-11-13(16(19)20)12-7-10(17)6-8(2)14(12)18-15(9)11/h6-7,9H,3-5H2,1-2H3,(H,19,20). The van der Waals surface area contributed by atoms with Crippen molar-refractivity contribution in [3.8, 4) is 0 Å². The minimum absolute atomic E-state index is 0.399. The summed E-state index contributed by atoms with van der Waals surface area (Å²) < 4.78 is 0.900. The molecule has 0 radical (unpaired) electrons. The van der Waals surface area contributed by atoms with Crippen molar-refractivity contribution in [1.82, 2.24) is 4.98 Å². The molecule has 3 rings (SSSR count). The third-order valence-corrected chi connectivity index (χ3v) is 4.67. The topological polar surface area (TPSA) is 50.2 Å². The maximum Gasteiger partial charge on any atom is 0.336 e. The van der Waals surface area contributed by atoms with Crippen molar-refractivity contribution in [3.05, 3.63) is 39.0 Å². The van der Waals surface area contributed by atoms with Gasteiger partial charge in [0.05, 0.1) is 11.1 Å². The molecule has 0 saturated carbocycles. The number of aromatic nitrogens is 1. The smallest absolute Gasteiger partial charge is 0.336 e. The van der Waals surface area contributed by atoms with Gasteiger partial charge in [0, 0.05) is 21.5 Å². The SMILES string of the molecule is CCC1CCc2c1nc1c(C)cc(Br)cc1c2C(=O)O. The Hall–Kier alpha value is -1.42. The molecule has 20 heavy (non-hydrogen) atoms. The Labute approximate surface area is 126 Å². The van der Waals surface area contributed by atoms with E-state index in [9.17, 15) is 9.90 Å². The first-order valence-electron chi connectivity index (χ1n) is 6.88. The van der Waals surface area contributed by atoms with Crippen LogP contribution in [-0.2, 0) is 6.42 Å². The average Bonchev–Trinajstić information content (AvgIpc) is 2.78. The number of rotatable bonds is 2. The lowest BCUT2D eigenvalue weighted by Gasteiger charge is -2.13. The summed E-state index contributed by atoms with van der Waals surface area (Å²) in [6.07, 6.45) is 2.85. The minimum Gasteiger partial charge on any atom is -0.478 e. The van der Waals surface area contributed by atoms with Crippen molar-refractivity contribution >= 4 is 32.8 Å². The Kier molecular flexibility index (Phi) is 3.28. The molecule has 1 N–H and O–H groups in total. The van der Waals surface area contributed by atoms with Gasteiger partial charge in [-0.05, 0) is 49.4 Å². The molecule has 1 heterocycles. The second kappa shape index (κ2) is 4.85. The van der Waals surface area contributed by atoms with Crippen LogP contribution in [0, 0.1) is 6.92 Å². The molecule has 1 aliphatic carbocycles. The van der Waals surface area contributed by atoms with Crippen LogP contribution in [0.25, 0.3) is 10.9 Å². The molecule has 0 amide bonds. The zero-order chi connectivity index (χ0) is 14.4. The zero-order valence-corrected chi connectivity index (χ0v) is 13.1. The first-order valence-corrected chi connectivity index (χ1v) is 7.68. The first-order chi connectivity index (χ1) is 9.52. The number of pyridine rings is 1. The van der Waals surface area contributed by atoms with Crippen LogP contribution in [0.4, 0.5) is 0 Å². The maximum absolute atomic E-state index is 11.7. The molecule has 1 aromatic heterocycles. The van der Waals surface area contributed by atoms with E-state index in [4.69, 9.17) is 4.98 Å². The molecule has 1 unspecified atom stereocenters. The molecule has 104 valence electrons. The number of carboxylic acids is 1. The number of benzene rings is 1. The van der Waals surface area contributed by atoms with E-state index in [1.807, 2.05) is 19.1 Å². The fourth-order valence-electron chi connectivity index (χ4n) is 3.24. The number of hydrogen-bond donors (Lipinski definition) is 1. The molecule has 1 aromatic carbocycles. The number of carbonyl (C=O) groups is 1.